The molecule has 0 aliphatic heterocycles. The molecular formula is C13H9ClFNO. The van der Waals surface area contributed by atoms with E-state index in [-0.39, 0.29) is 12.2 Å². The van der Waals surface area contributed by atoms with Crippen molar-refractivity contribution in [3.63, 3.8) is 0 Å². The molecule has 0 aliphatic rings. The first kappa shape index (κ1) is 11.7. The van der Waals surface area contributed by atoms with Gasteiger partial charge in [-0.25, -0.2) is 9.37 Å². The minimum atomic E-state index is -0.412. The van der Waals surface area contributed by atoms with Gasteiger partial charge >= 0.3 is 0 Å². The maximum Gasteiger partial charge on any atom is 0.167 e. The summed E-state index contributed by atoms with van der Waals surface area (Å²) in [5.74, 6) is -0.557. The molecular weight excluding hydrogens is 241 g/mol. The normalized spacial score (nSPS) is 10.2. The standard InChI is InChI=1S/C13H9ClFNO/c14-13-5-4-9(8-16-13)6-12(17)10-2-1-3-11(15)7-10/h1-5,7-8H,6H2. The molecule has 0 atom stereocenters. The summed E-state index contributed by atoms with van der Waals surface area (Å²) in [7, 11) is 0. The topological polar surface area (TPSA) is 30.0 Å². The van der Waals surface area contributed by atoms with E-state index in [1.54, 1.807) is 24.4 Å². The third-order valence-corrected chi connectivity index (χ3v) is 2.52. The molecule has 0 radical (unpaired) electrons. The molecule has 17 heavy (non-hydrogen) atoms. The summed E-state index contributed by atoms with van der Waals surface area (Å²) in [6, 6.07) is 8.99. The third-order valence-electron chi connectivity index (χ3n) is 2.30. The second-order valence-electron chi connectivity index (χ2n) is 3.60. The van der Waals surface area contributed by atoms with Crippen molar-refractivity contribution in [3.05, 3.63) is 64.7 Å². The average Bonchev–Trinajstić information content (AvgIpc) is 2.32. The number of hydrogen-bond donors (Lipinski definition) is 0. The Morgan fingerprint density at radius 1 is 1.29 bits per heavy atom. The SMILES string of the molecule is O=C(Cc1ccc(Cl)nc1)c1cccc(F)c1. The number of carbonyl (C=O) groups excluding carboxylic acids is 1. The highest BCUT2D eigenvalue weighted by Crippen LogP contribution is 2.10. The molecule has 0 N–H and O–H groups in total. The third kappa shape index (κ3) is 3.11. The molecule has 2 aromatic rings. The number of benzene rings is 1. The molecule has 2 rings (SSSR count). The van der Waals surface area contributed by atoms with Gasteiger partial charge in [0.15, 0.2) is 5.78 Å². The number of ketones is 1. The number of rotatable bonds is 3. The van der Waals surface area contributed by atoms with E-state index in [0.29, 0.717) is 10.7 Å². The van der Waals surface area contributed by atoms with Crippen LogP contribution in [0.5, 0.6) is 0 Å². The first-order valence-corrected chi connectivity index (χ1v) is 5.42. The van der Waals surface area contributed by atoms with Gasteiger partial charge in [0, 0.05) is 18.2 Å². The van der Waals surface area contributed by atoms with Crippen molar-refractivity contribution >= 4 is 17.4 Å². The Morgan fingerprint density at radius 2 is 2.12 bits per heavy atom. The zero-order chi connectivity index (χ0) is 12.3. The first-order chi connectivity index (χ1) is 8.15. The predicted molar refractivity (Wildman–Crippen MR) is 63.7 cm³/mol. The predicted octanol–water partition coefficient (Wildman–Crippen LogP) is 3.30. The van der Waals surface area contributed by atoms with Crippen LogP contribution in [-0.2, 0) is 6.42 Å². The highest BCUT2D eigenvalue weighted by molar-refractivity contribution is 6.29. The zero-order valence-corrected chi connectivity index (χ0v) is 9.62. The van der Waals surface area contributed by atoms with Crippen molar-refractivity contribution in [1.82, 2.24) is 4.98 Å². The minimum Gasteiger partial charge on any atom is -0.294 e. The second kappa shape index (κ2) is 5.06. The average molecular weight is 250 g/mol. The number of Topliss-reactive ketones (excluding diaryl/α,β-unsaturated/α-hetero) is 1. The van der Waals surface area contributed by atoms with Crippen molar-refractivity contribution in [2.24, 2.45) is 0 Å². The lowest BCUT2D eigenvalue weighted by Gasteiger charge is -2.01. The van der Waals surface area contributed by atoms with Crippen molar-refractivity contribution in [2.75, 3.05) is 0 Å². The molecule has 0 aliphatic carbocycles. The lowest BCUT2D eigenvalue weighted by Crippen LogP contribution is -2.04. The Bertz CT molecular complexity index is 539. The van der Waals surface area contributed by atoms with E-state index in [2.05, 4.69) is 4.98 Å². The van der Waals surface area contributed by atoms with Gasteiger partial charge in [0.2, 0.25) is 0 Å². The van der Waals surface area contributed by atoms with Gasteiger partial charge in [0.05, 0.1) is 0 Å². The summed E-state index contributed by atoms with van der Waals surface area (Å²) in [5, 5.41) is 0.381. The summed E-state index contributed by atoms with van der Waals surface area (Å²) in [4.78, 5) is 15.7. The Morgan fingerprint density at radius 3 is 2.76 bits per heavy atom. The van der Waals surface area contributed by atoms with Crippen LogP contribution in [0.4, 0.5) is 4.39 Å². The zero-order valence-electron chi connectivity index (χ0n) is 8.86. The van der Waals surface area contributed by atoms with E-state index in [1.807, 2.05) is 0 Å². The number of hydrogen-bond acceptors (Lipinski definition) is 2. The van der Waals surface area contributed by atoms with Gasteiger partial charge in [0.25, 0.3) is 0 Å². The maximum absolute atomic E-state index is 12.9. The van der Waals surface area contributed by atoms with Gasteiger partial charge in [-0.1, -0.05) is 29.8 Å². The molecule has 0 unspecified atom stereocenters. The molecule has 0 amide bonds. The first-order valence-electron chi connectivity index (χ1n) is 5.04. The number of nitrogens with zero attached hydrogens (tertiary/aromatic N) is 1. The largest absolute Gasteiger partial charge is 0.294 e. The van der Waals surface area contributed by atoms with E-state index >= 15 is 0 Å². The van der Waals surface area contributed by atoms with Crippen LogP contribution in [0, 0.1) is 5.82 Å². The Hall–Kier alpha value is -1.74. The lowest BCUT2D eigenvalue weighted by molar-refractivity contribution is 0.0992. The van der Waals surface area contributed by atoms with Crippen LogP contribution in [0.15, 0.2) is 42.6 Å². The van der Waals surface area contributed by atoms with Crippen LogP contribution in [0.3, 0.4) is 0 Å². The summed E-state index contributed by atoms with van der Waals surface area (Å²) in [6.45, 7) is 0. The van der Waals surface area contributed by atoms with Crippen molar-refractivity contribution in [3.8, 4) is 0 Å². The van der Waals surface area contributed by atoms with Crippen LogP contribution in [-0.4, -0.2) is 10.8 Å². The van der Waals surface area contributed by atoms with Gasteiger partial charge in [-0.3, -0.25) is 4.79 Å². The van der Waals surface area contributed by atoms with Gasteiger partial charge in [-0.15, -0.1) is 0 Å². The molecule has 4 heteroatoms. The highest BCUT2D eigenvalue weighted by Gasteiger charge is 2.08. The summed E-state index contributed by atoms with van der Waals surface area (Å²) in [6.07, 6.45) is 1.73. The number of aromatic nitrogens is 1. The molecule has 0 spiro atoms. The molecule has 0 bridgehead atoms. The van der Waals surface area contributed by atoms with E-state index in [0.717, 1.165) is 5.56 Å². The lowest BCUT2D eigenvalue weighted by atomic mass is 10.0. The highest BCUT2D eigenvalue weighted by atomic mass is 35.5. The van der Waals surface area contributed by atoms with Crippen LogP contribution in [0.1, 0.15) is 15.9 Å². The Labute approximate surface area is 103 Å². The van der Waals surface area contributed by atoms with Crippen LogP contribution in [0.25, 0.3) is 0 Å². The number of halogens is 2. The maximum atomic E-state index is 12.9. The van der Waals surface area contributed by atoms with Crippen molar-refractivity contribution in [2.45, 2.75) is 6.42 Å². The Kier molecular flexibility index (Phi) is 3.49. The van der Waals surface area contributed by atoms with Gasteiger partial charge in [0.1, 0.15) is 11.0 Å². The second-order valence-corrected chi connectivity index (χ2v) is 3.99. The van der Waals surface area contributed by atoms with Crippen LogP contribution in [0.2, 0.25) is 5.15 Å². The number of pyridine rings is 1. The van der Waals surface area contributed by atoms with E-state index in [9.17, 15) is 9.18 Å². The summed E-state index contributed by atoms with van der Waals surface area (Å²) in [5.41, 5.74) is 1.11. The smallest absolute Gasteiger partial charge is 0.167 e. The monoisotopic (exact) mass is 249 g/mol. The summed E-state index contributed by atoms with van der Waals surface area (Å²) < 4.78 is 12.9. The fourth-order valence-corrected chi connectivity index (χ4v) is 1.57. The molecule has 1 heterocycles. The molecule has 86 valence electrons. The van der Waals surface area contributed by atoms with E-state index < -0.39 is 5.82 Å². The van der Waals surface area contributed by atoms with Crippen molar-refractivity contribution in [1.29, 1.82) is 0 Å². The molecule has 0 saturated heterocycles. The molecule has 1 aromatic carbocycles. The van der Waals surface area contributed by atoms with Gasteiger partial charge in [-0.05, 0) is 23.8 Å². The molecule has 1 aromatic heterocycles. The fraction of sp³-hybridized carbons (Fsp3) is 0.0769. The van der Waals surface area contributed by atoms with E-state index in [1.165, 1.54) is 18.2 Å². The molecule has 0 fully saturated rings. The molecule has 0 saturated carbocycles. The quantitative estimate of drug-likeness (QED) is 0.617. The molecule has 2 nitrogen and oxygen atoms in total. The Balaban J connectivity index is 2.14. The fourth-order valence-electron chi connectivity index (χ4n) is 1.46. The number of carbonyl (C=O) groups is 1. The van der Waals surface area contributed by atoms with Gasteiger partial charge < -0.3 is 0 Å². The van der Waals surface area contributed by atoms with Crippen LogP contribution >= 0.6 is 11.6 Å². The van der Waals surface area contributed by atoms with Crippen molar-refractivity contribution < 1.29 is 9.18 Å². The van der Waals surface area contributed by atoms with Crippen LogP contribution < -0.4 is 0 Å². The van der Waals surface area contributed by atoms with E-state index in [4.69, 9.17) is 11.6 Å². The minimum absolute atomic E-state index is 0.145. The van der Waals surface area contributed by atoms with Gasteiger partial charge in [-0.2, -0.15) is 0 Å². The summed E-state index contributed by atoms with van der Waals surface area (Å²) >= 11 is 5.64.